The third-order valence-corrected chi connectivity index (χ3v) is 7.10. The summed E-state index contributed by atoms with van der Waals surface area (Å²) in [5.41, 5.74) is 8.22. The summed E-state index contributed by atoms with van der Waals surface area (Å²) in [6.07, 6.45) is -2.60. The van der Waals surface area contributed by atoms with Gasteiger partial charge in [-0.25, -0.2) is 9.78 Å². The van der Waals surface area contributed by atoms with E-state index < -0.39 is 18.7 Å². The van der Waals surface area contributed by atoms with Gasteiger partial charge in [-0.15, -0.1) is 0 Å². The Bertz CT molecular complexity index is 1340. The first kappa shape index (κ1) is 24.9. The molecule has 0 radical (unpaired) electrons. The van der Waals surface area contributed by atoms with Crippen LogP contribution in [0.1, 0.15) is 47.7 Å². The van der Waals surface area contributed by atoms with Gasteiger partial charge in [0.25, 0.3) is 5.56 Å². The lowest BCUT2D eigenvalue weighted by Crippen LogP contribution is -2.44. The highest BCUT2D eigenvalue weighted by Gasteiger charge is 2.34. The molecule has 2 aliphatic rings. The van der Waals surface area contributed by atoms with Crippen LogP contribution in [0.5, 0.6) is 5.75 Å². The second-order valence-electron chi connectivity index (χ2n) is 9.59. The van der Waals surface area contributed by atoms with E-state index in [0.29, 0.717) is 23.6 Å². The third-order valence-electron chi connectivity index (χ3n) is 7.10. The van der Waals surface area contributed by atoms with Crippen molar-refractivity contribution in [2.45, 2.75) is 50.9 Å². The molecule has 1 fully saturated rings. The minimum Gasteiger partial charge on any atom is -0.410 e. The summed E-state index contributed by atoms with van der Waals surface area (Å²) < 4.78 is 44.6. The van der Waals surface area contributed by atoms with E-state index in [2.05, 4.69) is 4.98 Å². The number of ether oxygens (including phenoxy) is 1. The van der Waals surface area contributed by atoms with Gasteiger partial charge in [-0.1, -0.05) is 48.9 Å². The number of nitrogen functional groups attached to an aromatic ring is 1. The van der Waals surface area contributed by atoms with Crippen LogP contribution in [0.3, 0.4) is 0 Å². The van der Waals surface area contributed by atoms with Crippen molar-refractivity contribution in [1.29, 1.82) is 0 Å². The standard InChI is InChI=1S/C27H27F3N4O3/c28-27(29,30)15-17-9-11-20(12-10-17)37-26(36)33-14-13-21-22(16-33)32-25(31)34(24(21)35)23(19-7-4-8-19)18-5-2-1-3-6-18/h1-3,5-6,9-12,19,23H,4,7-8,13-16H2,(H2,31,32). The first-order valence-electron chi connectivity index (χ1n) is 12.3. The number of aromatic nitrogens is 2. The van der Waals surface area contributed by atoms with E-state index in [0.717, 1.165) is 24.8 Å². The van der Waals surface area contributed by atoms with Gasteiger partial charge in [0.1, 0.15) is 5.75 Å². The van der Waals surface area contributed by atoms with Gasteiger partial charge in [0.15, 0.2) is 0 Å². The van der Waals surface area contributed by atoms with E-state index in [9.17, 15) is 22.8 Å². The van der Waals surface area contributed by atoms with Crippen LogP contribution in [-0.4, -0.2) is 33.3 Å². The van der Waals surface area contributed by atoms with Crippen LogP contribution in [0.4, 0.5) is 23.9 Å². The number of rotatable bonds is 5. The number of nitrogens with two attached hydrogens (primary N) is 1. The number of halogens is 3. The third kappa shape index (κ3) is 5.33. The summed E-state index contributed by atoms with van der Waals surface area (Å²) in [5, 5.41) is 0. The molecule has 1 unspecified atom stereocenters. The molecule has 1 amide bonds. The van der Waals surface area contributed by atoms with Crippen molar-refractivity contribution < 1.29 is 22.7 Å². The molecule has 10 heteroatoms. The minimum atomic E-state index is -4.31. The van der Waals surface area contributed by atoms with Gasteiger partial charge in [0.2, 0.25) is 5.95 Å². The van der Waals surface area contributed by atoms with Crippen molar-refractivity contribution in [3.8, 4) is 5.75 Å². The molecule has 0 spiro atoms. The number of carbonyl (C=O) groups is 1. The Hall–Kier alpha value is -3.82. The molecule has 7 nitrogen and oxygen atoms in total. The van der Waals surface area contributed by atoms with Crippen LogP contribution in [0.2, 0.25) is 0 Å². The summed E-state index contributed by atoms with van der Waals surface area (Å²) in [5.74, 6) is 0.552. The number of alkyl halides is 3. The summed E-state index contributed by atoms with van der Waals surface area (Å²) in [6, 6.07) is 14.8. The monoisotopic (exact) mass is 512 g/mol. The Morgan fingerprint density at radius 2 is 1.81 bits per heavy atom. The maximum Gasteiger partial charge on any atom is 0.415 e. The molecular weight excluding hydrogens is 485 g/mol. The molecule has 194 valence electrons. The number of amides is 1. The summed E-state index contributed by atoms with van der Waals surface area (Å²) in [4.78, 5) is 32.3. The van der Waals surface area contributed by atoms with Gasteiger partial charge in [0, 0.05) is 12.1 Å². The average Bonchev–Trinajstić information content (AvgIpc) is 2.82. The Kier molecular flexibility index (Phi) is 6.66. The summed E-state index contributed by atoms with van der Waals surface area (Å²) in [7, 11) is 0. The first-order valence-corrected chi connectivity index (χ1v) is 12.3. The van der Waals surface area contributed by atoms with Gasteiger partial charge in [-0.3, -0.25) is 9.36 Å². The summed E-state index contributed by atoms with van der Waals surface area (Å²) >= 11 is 0. The molecule has 5 rings (SSSR count). The molecule has 2 N–H and O–H groups in total. The van der Waals surface area contributed by atoms with Crippen LogP contribution >= 0.6 is 0 Å². The molecule has 0 bridgehead atoms. The predicted molar refractivity (Wildman–Crippen MR) is 131 cm³/mol. The maximum absolute atomic E-state index is 13.6. The van der Waals surface area contributed by atoms with Crippen molar-refractivity contribution >= 4 is 12.0 Å². The Morgan fingerprint density at radius 1 is 1.11 bits per heavy atom. The Morgan fingerprint density at radius 3 is 2.43 bits per heavy atom. The first-order chi connectivity index (χ1) is 17.7. The SMILES string of the molecule is Nc1nc2c(c(=O)n1C(c1ccccc1)C1CCC1)CCN(C(=O)Oc1ccc(CC(F)(F)F)cc1)C2. The van der Waals surface area contributed by atoms with Crippen LogP contribution < -0.4 is 16.0 Å². The van der Waals surface area contributed by atoms with Crippen molar-refractivity contribution in [2.75, 3.05) is 12.3 Å². The van der Waals surface area contributed by atoms with Crippen molar-refractivity contribution in [3.05, 3.63) is 87.3 Å². The zero-order valence-corrected chi connectivity index (χ0v) is 20.1. The largest absolute Gasteiger partial charge is 0.415 e. The Labute approximate surface area is 211 Å². The van der Waals surface area contributed by atoms with Crippen LogP contribution in [0, 0.1) is 5.92 Å². The number of carbonyl (C=O) groups excluding carboxylic acids is 1. The Balaban J connectivity index is 1.34. The smallest absolute Gasteiger partial charge is 0.410 e. The lowest BCUT2D eigenvalue weighted by molar-refractivity contribution is -0.127. The van der Waals surface area contributed by atoms with E-state index >= 15 is 0 Å². The fraction of sp³-hybridized carbons (Fsp3) is 0.370. The van der Waals surface area contributed by atoms with E-state index in [-0.39, 0.29) is 42.0 Å². The normalized spacial score (nSPS) is 16.6. The van der Waals surface area contributed by atoms with E-state index in [1.54, 1.807) is 4.57 Å². The molecule has 37 heavy (non-hydrogen) atoms. The van der Waals surface area contributed by atoms with Crippen molar-refractivity contribution in [1.82, 2.24) is 14.5 Å². The van der Waals surface area contributed by atoms with Gasteiger partial charge >= 0.3 is 12.3 Å². The van der Waals surface area contributed by atoms with Gasteiger partial charge in [0.05, 0.1) is 24.7 Å². The van der Waals surface area contributed by atoms with Crippen LogP contribution in [0.15, 0.2) is 59.4 Å². The number of hydrogen-bond donors (Lipinski definition) is 1. The number of anilines is 1. The highest BCUT2D eigenvalue weighted by Crippen LogP contribution is 2.40. The number of hydrogen-bond acceptors (Lipinski definition) is 5. The fourth-order valence-electron chi connectivity index (χ4n) is 5.06. The molecule has 3 aromatic rings. The second kappa shape index (κ2) is 9.91. The molecule has 2 aromatic carbocycles. The highest BCUT2D eigenvalue weighted by molar-refractivity contribution is 5.71. The van der Waals surface area contributed by atoms with Crippen molar-refractivity contribution in [2.24, 2.45) is 5.92 Å². The van der Waals surface area contributed by atoms with Crippen LogP contribution in [0.25, 0.3) is 0 Å². The molecule has 1 aliphatic heterocycles. The summed E-state index contributed by atoms with van der Waals surface area (Å²) in [6.45, 7) is 0.304. The van der Waals surface area contributed by atoms with Crippen LogP contribution in [-0.2, 0) is 19.4 Å². The highest BCUT2D eigenvalue weighted by atomic mass is 19.4. The molecule has 1 saturated carbocycles. The molecular formula is C27H27F3N4O3. The average molecular weight is 513 g/mol. The van der Waals surface area contributed by atoms with Crippen molar-refractivity contribution in [3.63, 3.8) is 0 Å². The second-order valence-corrected chi connectivity index (χ2v) is 9.59. The molecule has 2 heterocycles. The lowest BCUT2D eigenvalue weighted by Gasteiger charge is -2.36. The van der Waals surface area contributed by atoms with E-state index in [1.165, 1.54) is 29.2 Å². The molecule has 1 aromatic heterocycles. The zero-order valence-electron chi connectivity index (χ0n) is 20.1. The predicted octanol–water partition coefficient (Wildman–Crippen LogP) is 4.88. The lowest BCUT2D eigenvalue weighted by atomic mass is 9.77. The van der Waals surface area contributed by atoms with E-state index in [1.807, 2.05) is 30.3 Å². The number of benzene rings is 2. The van der Waals surface area contributed by atoms with Gasteiger partial charge in [-0.2, -0.15) is 13.2 Å². The maximum atomic E-state index is 13.6. The molecule has 1 aliphatic carbocycles. The van der Waals surface area contributed by atoms with E-state index in [4.69, 9.17) is 10.5 Å². The quantitative estimate of drug-likeness (QED) is 0.527. The zero-order chi connectivity index (χ0) is 26.2. The minimum absolute atomic E-state index is 0.0556. The topological polar surface area (TPSA) is 90.5 Å². The van der Waals surface area contributed by atoms with Gasteiger partial charge < -0.3 is 15.4 Å². The number of fused-ring (bicyclic) bond motifs is 1. The van der Waals surface area contributed by atoms with Gasteiger partial charge in [-0.05, 0) is 48.4 Å². The molecule has 1 atom stereocenters. The molecule has 0 saturated heterocycles. The fourth-order valence-corrected chi connectivity index (χ4v) is 5.06. The number of nitrogens with zero attached hydrogens (tertiary/aromatic N) is 3.